The van der Waals surface area contributed by atoms with Gasteiger partial charge in [0.1, 0.15) is 16.4 Å². The molecule has 0 saturated carbocycles. The highest BCUT2D eigenvalue weighted by atomic mass is 32.2. The molecule has 0 saturated heterocycles. The van der Waals surface area contributed by atoms with Gasteiger partial charge in [-0.2, -0.15) is 8.42 Å². The maximum atomic E-state index is 11.9. The summed E-state index contributed by atoms with van der Waals surface area (Å²) in [4.78, 5) is 10.1. The van der Waals surface area contributed by atoms with E-state index in [1.165, 1.54) is 12.1 Å². The van der Waals surface area contributed by atoms with Crippen LogP contribution in [0.4, 0.5) is 0 Å². The minimum absolute atomic E-state index is 0.112. The van der Waals surface area contributed by atoms with E-state index in [1.54, 1.807) is 37.3 Å². The van der Waals surface area contributed by atoms with E-state index in [-0.39, 0.29) is 10.6 Å². The molecule has 0 radical (unpaired) electrons. The molecule has 0 heterocycles. The highest BCUT2D eigenvalue weighted by Gasteiger charge is 2.19. The Kier molecular flexibility index (Phi) is 3.98. The van der Waals surface area contributed by atoms with E-state index in [4.69, 9.17) is 4.74 Å². The van der Waals surface area contributed by atoms with Gasteiger partial charge in [-0.15, -0.1) is 0 Å². The molecule has 0 bridgehead atoms. The molecular formula is C14H11NO4S. The van der Waals surface area contributed by atoms with Crippen molar-refractivity contribution >= 4 is 16.1 Å². The molecule has 0 N–H and O–H groups in total. The second-order valence-corrected chi connectivity index (χ2v) is 5.60. The molecule has 20 heavy (non-hydrogen) atoms. The van der Waals surface area contributed by atoms with E-state index >= 15 is 0 Å². The van der Waals surface area contributed by atoms with Crippen LogP contribution in [0, 0.1) is 6.92 Å². The van der Waals surface area contributed by atoms with E-state index in [0.29, 0.717) is 11.3 Å². The first-order chi connectivity index (χ1) is 9.53. The summed E-state index contributed by atoms with van der Waals surface area (Å²) < 4.78 is 32.2. The Morgan fingerprint density at radius 2 is 1.80 bits per heavy atom. The SMILES string of the molecule is Cc1ccc(Oc2ccccc2)c(S(=O)(=O)N=C=O)c1. The lowest BCUT2D eigenvalue weighted by atomic mass is 10.2. The van der Waals surface area contributed by atoms with E-state index in [1.807, 2.05) is 6.07 Å². The van der Waals surface area contributed by atoms with Crippen molar-refractivity contribution < 1.29 is 17.9 Å². The Hall–Kier alpha value is -2.43. The number of benzene rings is 2. The summed E-state index contributed by atoms with van der Waals surface area (Å²) in [5.74, 6) is 0.601. The van der Waals surface area contributed by atoms with Crippen LogP contribution in [0.15, 0.2) is 57.8 Å². The van der Waals surface area contributed by atoms with Gasteiger partial charge in [0.25, 0.3) is 16.1 Å². The van der Waals surface area contributed by atoms with Crippen LogP contribution in [-0.4, -0.2) is 14.5 Å². The third kappa shape index (κ3) is 3.12. The van der Waals surface area contributed by atoms with Gasteiger partial charge >= 0.3 is 0 Å². The molecule has 0 aliphatic rings. The number of para-hydroxylation sites is 1. The number of carbonyl (C=O) groups excluding carboxylic acids is 1. The van der Waals surface area contributed by atoms with Gasteiger partial charge in [0, 0.05) is 0 Å². The average Bonchev–Trinajstić information content (AvgIpc) is 2.42. The Bertz CT molecular complexity index is 763. The van der Waals surface area contributed by atoms with Gasteiger partial charge < -0.3 is 4.74 Å². The maximum Gasteiger partial charge on any atom is 0.296 e. The highest BCUT2D eigenvalue weighted by molar-refractivity contribution is 7.90. The van der Waals surface area contributed by atoms with Crippen LogP contribution in [0.5, 0.6) is 11.5 Å². The van der Waals surface area contributed by atoms with Crippen LogP contribution in [-0.2, 0) is 14.8 Å². The van der Waals surface area contributed by atoms with E-state index in [0.717, 1.165) is 6.08 Å². The van der Waals surface area contributed by atoms with Gasteiger partial charge in [0.15, 0.2) is 0 Å². The van der Waals surface area contributed by atoms with Crippen molar-refractivity contribution in [1.82, 2.24) is 0 Å². The molecular weight excluding hydrogens is 278 g/mol. The smallest absolute Gasteiger partial charge is 0.296 e. The third-order valence-corrected chi connectivity index (χ3v) is 3.70. The third-order valence-electron chi connectivity index (χ3n) is 2.51. The van der Waals surface area contributed by atoms with Crippen LogP contribution >= 0.6 is 0 Å². The molecule has 0 spiro atoms. The number of rotatable bonds is 4. The molecule has 0 aromatic heterocycles. The fourth-order valence-corrected chi connectivity index (χ4v) is 2.51. The first kappa shape index (κ1) is 14.0. The molecule has 0 amide bonds. The molecule has 2 aromatic carbocycles. The quantitative estimate of drug-likeness (QED) is 0.641. The summed E-state index contributed by atoms with van der Waals surface area (Å²) in [7, 11) is -4.11. The Morgan fingerprint density at radius 1 is 1.10 bits per heavy atom. The summed E-state index contributed by atoms with van der Waals surface area (Å²) in [5, 5.41) is 0. The van der Waals surface area contributed by atoms with Crippen molar-refractivity contribution in [2.75, 3.05) is 0 Å². The number of hydrogen-bond donors (Lipinski definition) is 0. The zero-order valence-electron chi connectivity index (χ0n) is 10.6. The molecule has 0 atom stereocenters. The standard InChI is InChI=1S/C14H11NO4S/c1-11-7-8-13(19-12-5-3-2-4-6-12)14(9-11)20(17,18)15-10-16/h2-9H,1H3. The minimum Gasteiger partial charge on any atom is -0.456 e. The highest BCUT2D eigenvalue weighted by Crippen LogP contribution is 2.30. The predicted molar refractivity (Wildman–Crippen MR) is 73.0 cm³/mol. The molecule has 0 unspecified atom stereocenters. The van der Waals surface area contributed by atoms with Crippen molar-refractivity contribution in [2.45, 2.75) is 11.8 Å². The topological polar surface area (TPSA) is 72.8 Å². The summed E-state index contributed by atoms with van der Waals surface area (Å²) in [6.45, 7) is 1.73. The van der Waals surface area contributed by atoms with Crippen molar-refractivity contribution in [1.29, 1.82) is 0 Å². The summed E-state index contributed by atoms with van der Waals surface area (Å²) in [6, 6.07) is 13.4. The van der Waals surface area contributed by atoms with Crippen LogP contribution in [0.2, 0.25) is 0 Å². The largest absolute Gasteiger partial charge is 0.456 e. The average molecular weight is 289 g/mol. The van der Waals surface area contributed by atoms with Crippen LogP contribution < -0.4 is 4.74 Å². The summed E-state index contributed by atoms with van der Waals surface area (Å²) in [5.41, 5.74) is 0.713. The monoisotopic (exact) mass is 289 g/mol. The normalized spacial score (nSPS) is 10.7. The van der Waals surface area contributed by atoms with Crippen molar-refractivity contribution in [3.8, 4) is 11.5 Å². The number of ether oxygens (including phenoxy) is 1. The Labute approximate surface area is 116 Å². The lowest BCUT2D eigenvalue weighted by Crippen LogP contribution is -2.00. The van der Waals surface area contributed by atoms with Crippen molar-refractivity contribution in [2.24, 2.45) is 4.40 Å². The van der Waals surface area contributed by atoms with Gasteiger partial charge in [-0.1, -0.05) is 28.7 Å². The van der Waals surface area contributed by atoms with Crippen molar-refractivity contribution in [3.05, 3.63) is 54.1 Å². The first-order valence-electron chi connectivity index (χ1n) is 5.70. The Balaban J connectivity index is 2.52. The fraction of sp³-hybridized carbons (Fsp3) is 0.0714. The van der Waals surface area contributed by atoms with E-state index < -0.39 is 10.0 Å². The molecule has 2 rings (SSSR count). The van der Waals surface area contributed by atoms with Gasteiger partial charge in [0.05, 0.1) is 0 Å². The van der Waals surface area contributed by atoms with Gasteiger partial charge in [-0.25, -0.2) is 4.79 Å². The zero-order chi connectivity index (χ0) is 14.6. The summed E-state index contributed by atoms with van der Waals surface area (Å²) in [6.07, 6.45) is 1.05. The number of isocyanates is 1. The number of nitrogens with zero attached hydrogens (tertiary/aromatic N) is 1. The molecule has 0 fully saturated rings. The molecule has 2 aromatic rings. The fourth-order valence-electron chi connectivity index (χ4n) is 1.61. The maximum absolute atomic E-state index is 11.9. The number of hydrogen-bond acceptors (Lipinski definition) is 4. The van der Waals surface area contributed by atoms with Gasteiger partial charge in [-0.3, -0.25) is 0 Å². The molecule has 0 aliphatic carbocycles. The predicted octanol–water partition coefficient (Wildman–Crippen LogP) is 2.81. The summed E-state index contributed by atoms with van der Waals surface area (Å²) >= 11 is 0. The molecule has 0 aliphatic heterocycles. The lowest BCUT2D eigenvalue weighted by Gasteiger charge is -2.10. The Morgan fingerprint density at radius 3 is 2.45 bits per heavy atom. The van der Waals surface area contributed by atoms with Crippen molar-refractivity contribution in [3.63, 3.8) is 0 Å². The second-order valence-electron chi connectivity index (χ2n) is 4.02. The van der Waals surface area contributed by atoms with Crippen LogP contribution in [0.1, 0.15) is 5.56 Å². The number of aryl methyl sites for hydroxylation is 1. The van der Waals surface area contributed by atoms with Gasteiger partial charge in [0.2, 0.25) is 0 Å². The first-order valence-corrected chi connectivity index (χ1v) is 7.14. The minimum atomic E-state index is -4.11. The van der Waals surface area contributed by atoms with Gasteiger partial charge in [-0.05, 0) is 36.8 Å². The number of sulfonamides is 1. The molecule has 102 valence electrons. The second kappa shape index (κ2) is 5.69. The lowest BCUT2D eigenvalue weighted by molar-refractivity contribution is 0.467. The van der Waals surface area contributed by atoms with E-state index in [9.17, 15) is 13.2 Å². The molecule has 6 heteroatoms. The zero-order valence-corrected chi connectivity index (χ0v) is 11.4. The van der Waals surface area contributed by atoms with E-state index in [2.05, 4.69) is 4.40 Å². The van der Waals surface area contributed by atoms with Crippen LogP contribution in [0.3, 0.4) is 0 Å². The molecule has 5 nitrogen and oxygen atoms in total. The van der Waals surface area contributed by atoms with Crippen LogP contribution in [0.25, 0.3) is 0 Å².